The second-order valence-electron chi connectivity index (χ2n) is 7.17. The van der Waals surface area contributed by atoms with Gasteiger partial charge in [0.25, 0.3) is 0 Å². The van der Waals surface area contributed by atoms with E-state index in [1.165, 1.54) is 16.8 Å². The third-order valence-electron chi connectivity index (χ3n) is 4.74. The molecule has 1 aromatic heterocycles. The summed E-state index contributed by atoms with van der Waals surface area (Å²) >= 11 is 0. The van der Waals surface area contributed by atoms with Gasteiger partial charge in [0, 0.05) is 42.9 Å². The lowest BCUT2D eigenvalue weighted by Gasteiger charge is -2.27. The van der Waals surface area contributed by atoms with E-state index in [0.717, 1.165) is 43.1 Å². The zero-order valence-electron chi connectivity index (χ0n) is 15.4. The molecule has 134 valence electrons. The summed E-state index contributed by atoms with van der Waals surface area (Å²) in [5, 5.41) is 7.87. The summed E-state index contributed by atoms with van der Waals surface area (Å²) in [5.74, 6) is 0.895. The molecule has 4 heteroatoms. The van der Waals surface area contributed by atoms with E-state index in [-0.39, 0.29) is 6.10 Å². The van der Waals surface area contributed by atoms with Crippen LogP contribution in [0, 0.1) is 0 Å². The number of aromatic amines is 1. The van der Waals surface area contributed by atoms with Crippen LogP contribution in [0.25, 0.3) is 11.3 Å². The highest BCUT2D eigenvalue weighted by molar-refractivity contribution is 5.66. The number of fused-ring (bicyclic) bond motifs is 1. The summed E-state index contributed by atoms with van der Waals surface area (Å²) in [6, 6.07) is 18.9. The molecule has 0 radical (unpaired) electrons. The first-order valence-electron chi connectivity index (χ1n) is 9.28. The molecule has 0 unspecified atom stereocenters. The third kappa shape index (κ3) is 3.65. The van der Waals surface area contributed by atoms with Gasteiger partial charge >= 0.3 is 0 Å². The van der Waals surface area contributed by atoms with Crippen LogP contribution in [0.3, 0.4) is 0 Å². The predicted molar refractivity (Wildman–Crippen MR) is 104 cm³/mol. The summed E-state index contributed by atoms with van der Waals surface area (Å²) in [5.41, 5.74) is 6.09. The highest BCUT2D eigenvalue weighted by Crippen LogP contribution is 2.31. The SMILES string of the molecule is CC(C)Oc1cccc(-c2n[nH]c3c2CN(Cc2ccccc2)CC3)c1. The second kappa shape index (κ2) is 7.34. The first kappa shape index (κ1) is 16.9. The van der Waals surface area contributed by atoms with Crippen molar-refractivity contribution in [3.05, 3.63) is 71.4 Å². The highest BCUT2D eigenvalue weighted by atomic mass is 16.5. The van der Waals surface area contributed by atoms with Crippen LogP contribution in [-0.4, -0.2) is 27.7 Å². The van der Waals surface area contributed by atoms with Gasteiger partial charge in [0.1, 0.15) is 5.75 Å². The van der Waals surface area contributed by atoms with Crippen molar-refractivity contribution in [3.63, 3.8) is 0 Å². The standard InChI is InChI=1S/C22H25N3O/c1-16(2)26-19-10-6-9-18(13-19)22-20-15-25(12-11-21(20)23-24-22)14-17-7-4-3-5-8-17/h3-10,13,16H,11-12,14-15H2,1-2H3,(H,23,24). The van der Waals surface area contributed by atoms with Gasteiger partial charge in [0.2, 0.25) is 0 Å². The van der Waals surface area contributed by atoms with E-state index in [4.69, 9.17) is 4.74 Å². The number of benzene rings is 2. The number of ether oxygens (including phenoxy) is 1. The summed E-state index contributed by atoms with van der Waals surface area (Å²) in [6.45, 7) is 7.04. The Bertz CT molecular complexity index is 870. The smallest absolute Gasteiger partial charge is 0.120 e. The van der Waals surface area contributed by atoms with E-state index in [1.807, 2.05) is 26.0 Å². The van der Waals surface area contributed by atoms with Crippen molar-refractivity contribution in [1.29, 1.82) is 0 Å². The lowest BCUT2D eigenvalue weighted by molar-refractivity contribution is 0.242. The second-order valence-corrected chi connectivity index (χ2v) is 7.17. The maximum absolute atomic E-state index is 5.85. The van der Waals surface area contributed by atoms with Crippen LogP contribution >= 0.6 is 0 Å². The van der Waals surface area contributed by atoms with Gasteiger partial charge in [-0.25, -0.2) is 0 Å². The minimum absolute atomic E-state index is 0.166. The van der Waals surface area contributed by atoms with Crippen LogP contribution in [0.15, 0.2) is 54.6 Å². The van der Waals surface area contributed by atoms with Crippen molar-refractivity contribution in [2.75, 3.05) is 6.54 Å². The molecule has 2 heterocycles. The number of nitrogens with zero attached hydrogens (tertiary/aromatic N) is 2. The summed E-state index contributed by atoms with van der Waals surface area (Å²) in [6.07, 6.45) is 1.18. The predicted octanol–water partition coefficient (Wildman–Crippen LogP) is 4.42. The van der Waals surface area contributed by atoms with Crippen molar-refractivity contribution >= 4 is 0 Å². The molecule has 0 bridgehead atoms. The molecule has 0 aliphatic carbocycles. The van der Waals surface area contributed by atoms with Crippen LogP contribution in [-0.2, 0) is 19.5 Å². The van der Waals surface area contributed by atoms with Gasteiger partial charge in [-0.05, 0) is 31.5 Å². The summed E-state index contributed by atoms with van der Waals surface area (Å²) < 4.78 is 5.85. The average molecular weight is 347 g/mol. The Balaban J connectivity index is 1.57. The number of H-pyrrole nitrogens is 1. The molecule has 0 saturated carbocycles. The number of hydrogen-bond donors (Lipinski definition) is 1. The van der Waals surface area contributed by atoms with Crippen molar-refractivity contribution in [2.24, 2.45) is 0 Å². The first-order chi connectivity index (χ1) is 12.7. The molecule has 26 heavy (non-hydrogen) atoms. The Hall–Kier alpha value is -2.59. The lowest BCUT2D eigenvalue weighted by atomic mass is 10.0. The molecule has 2 aromatic carbocycles. The first-order valence-corrected chi connectivity index (χ1v) is 9.28. The lowest BCUT2D eigenvalue weighted by Crippen LogP contribution is -2.29. The zero-order valence-corrected chi connectivity index (χ0v) is 15.4. The molecule has 0 spiro atoms. The van der Waals surface area contributed by atoms with E-state index in [9.17, 15) is 0 Å². The minimum Gasteiger partial charge on any atom is -0.491 e. The van der Waals surface area contributed by atoms with E-state index >= 15 is 0 Å². The molecule has 0 amide bonds. The molecule has 3 aromatic rings. The Labute approximate surface area is 154 Å². The van der Waals surface area contributed by atoms with Gasteiger partial charge in [0.15, 0.2) is 0 Å². The molecule has 0 fully saturated rings. The molecule has 1 N–H and O–H groups in total. The fraction of sp³-hybridized carbons (Fsp3) is 0.318. The largest absolute Gasteiger partial charge is 0.491 e. The molecule has 1 aliphatic rings. The van der Waals surface area contributed by atoms with Gasteiger partial charge < -0.3 is 4.74 Å². The van der Waals surface area contributed by atoms with Crippen LogP contribution in [0.5, 0.6) is 5.75 Å². The number of hydrogen-bond acceptors (Lipinski definition) is 3. The number of rotatable bonds is 5. The molecule has 4 nitrogen and oxygen atoms in total. The van der Waals surface area contributed by atoms with Crippen molar-refractivity contribution in [1.82, 2.24) is 15.1 Å². The fourth-order valence-corrected chi connectivity index (χ4v) is 3.56. The highest BCUT2D eigenvalue weighted by Gasteiger charge is 2.23. The van der Waals surface area contributed by atoms with Crippen LogP contribution in [0.4, 0.5) is 0 Å². The van der Waals surface area contributed by atoms with E-state index in [0.29, 0.717) is 0 Å². The Morgan fingerprint density at radius 3 is 2.77 bits per heavy atom. The Kier molecular flexibility index (Phi) is 4.76. The summed E-state index contributed by atoms with van der Waals surface area (Å²) in [4.78, 5) is 2.49. The quantitative estimate of drug-likeness (QED) is 0.743. The number of aromatic nitrogens is 2. The Morgan fingerprint density at radius 1 is 1.12 bits per heavy atom. The molecule has 0 saturated heterocycles. The van der Waals surface area contributed by atoms with E-state index < -0.39 is 0 Å². The zero-order chi connectivity index (χ0) is 17.9. The topological polar surface area (TPSA) is 41.1 Å². The monoisotopic (exact) mass is 347 g/mol. The number of nitrogens with one attached hydrogen (secondary N) is 1. The summed E-state index contributed by atoms with van der Waals surface area (Å²) in [7, 11) is 0. The van der Waals surface area contributed by atoms with Crippen LogP contribution in [0.1, 0.15) is 30.7 Å². The van der Waals surface area contributed by atoms with E-state index in [1.54, 1.807) is 0 Å². The van der Waals surface area contributed by atoms with Crippen LogP contribution < -0.4 is 4.74 Å². The average Bonchev–Trinajstić information content (AvgIpc) is 3.05. The normalized spacial score (nSPS) is 14.4. The Morgan fingerprint density at radius 2 is 1.96 bits per heavy atom. The van der Waals surface area contributed by atoms with Gasteiger partial charge in [0.05, 0.1) is 11.8 Å². The van der Waals surface area contributed by atoms with Gasteiger partial charge in [-0.15, -0.1) is 0 Å². The van der Waals surface area contributed by atoms with Crippen molar-refractivity contribution < 1.29 is 4.74 Å². The fourth-order valence-electron chi connectivity index (χ4n) is 3.56. The minimum atomic E-state index is 0.166. The third-order valence-corrected chi connectivity index (χ3v) is 4.74. The van der Waals surface area contributed by atoms with Crippen molar-refractivity contribution in [2.45, 2.75) is 39.5 Å². The molecule has 4 rings (SSSR count). The van der Waals surface area contributed by atoms with Gasteiger partial charge in [-0.3, -0.25) is 10.00 Å². The van der Waals surface area contributed by atoms with Crippen molar-refractivity contribution in [3.8, 4) is 17.0 Å². The van der Waals surface area contributed by atoms with E-state index in [2.05, 4.69) is 57.6 Å². The van der Waals surface area contributed by atoms with Gasteiger partial charge in [-0.2, -0.15) is 5.10 Å². The van der Waals surface area contributed by atoms with Crippen LogP contribution in [0.2, 0.25) is 0 Å². The maximum Gasteiger partial charge on any atom is 0.120 e. The van der Waals surface area contributed by atoms with Gasteiger partial charge in [-0.1, -0.05) is 42.5 Å². The molecular formula is C22H25N3O. The molecular weight excluding hydrogens is 322 g/mol. The maximum atomic E-state index is 5.85. The molecule has 0 atom stereocenters. The molecule has 1 aliphatic heterocycles.